The van der Waals surface area contributed by atoms with Crippen LogP contribution in [0.15, 0.2) is 36.5 Å². The van der Waals surface area contributed by atoms with Gasteiger partial charge in [-0.1, -0.05) is 41.9 Å². The number of benzene rings is 1. The van der Waals surface area contributed by atoms with Gasteiger partial charge in [-0.05, 0) is 25.3 Å². The fraction of sp³-hybridized carbons (Fsp3) is 0.536. The third-order valence-electron chi connectivity index (χ3n) is 7.48. The number of ether oxygens (including phenoxy) is 2. The Kier molecular flexibility index (Phi) is 8.78. The number of hydrogen-bond donors (Lipinski definition) is 1. The molecule has 9 nitrogen and oxygen atoms in total. The largest absolute Gasteiger partial charge is 0.461 e. The van der Waals surface area contributed by atoms with Crippen LogP contribution in [0.25, 0.3) is 10.9 Å². The first-order valence-electron chi connectivity index (χ1n) is 13.4. The summed E-state index contributed by atoms with van der Waals surface area (Å²) < 4.78 is 26.7. The summed E-state index contributed by atoms with van der Waals surface area (Å²) in [6.07, 6.45) is 2.72. The summed E-state index contributed by atoms with van der Waals surface area (Å²) in [5, 5.41) is 10.8. The van der Waals surface area contributed by atoms with Crippen LogP contribution in [0.5, 0.6) is 6.01 Å². The van der Waals surface area contributed by atoms with Crippen molar-refractivity contribution in [2.75, 3.05) is 64.4 Å². The Hall–Kier alpha value is -2.63. The van der Waals surface area contributed by atoms with Gasteiger partial charge >= 0.3 is 6.01 Å². The van der Waals surface area contributed by atoms with E-state index in [0.29, 0.717) is 37.3 Å². The molecule has 3 aromatic rings. The Labute approximate surface area is 233 Å². The van der Waals surface area contributed by atoms with E-state index in [0.717, 1.165) is 39.1 Å². The minimum absolute atomic E-state index is 0.0404. The van der Waals surface area contributed by atoms with Gasteiger partial charge in [0, 0.05) is 65.7 Å². The van der Waals surface area contributed by atoms with Crippen molar-refractivity contribution in [2.45, 2.75) is 38.0 Å². The van der Waals surface area contributed by atoms with Crippen molar-refractivity contribution < 1.29 is 19.0 Å². The highest BCUT2D eigenvalue weighted by Gasteiger charge is 2.31. The summed E-state index contributed by atoms with van der Waals surface area (Å²) in [6.45, 7) is 8.54. The van der Waals surface area contributed by atoms with Crippen LogP contribution in [0.4, 0.5) is 10.2 Å². The highest BCUT2D eigenvalue weighted by molar-refractivity contribution is 6.30. The Morgan fingerprint density at radius 1 is 1.10 bits per heavy atom. The molecule has 4 heterocycles. The van der Waals surface area contributed by atoms with E-state index in [1.807, 2.05) is 11.0 Å². The normalized spacial score (nSPS) is 21.8. The number of piperazine rings is 1. The second-order valence-corrected chi connectivity index (χ2v) is 11.1. The fourth-order valence-electron chi connectivity index (χ4n) is 5.33. The Bertz CT molecular complexity index is 1260. The van der Waals surface area contributed by atoms with Gasteiger partial charge < -0.3 is 19.5 Å². The van der Waals surface area contributed by atoms with Crippen LogP contribution in [0, 0.1) is 5.82 Å². The number of anilines is 1. The van der Waals surface area contributed by atoms with E-state index in [4.69, 9.17) is 21.1 Å². The van der Waals surface area contributed by atoms with E-state index in [2.05, 4.69) is 49.0 Å². The Morgan fingerprint density at radius 2 is 1.85 bits per heavy atom. The molecule has 0 saturated carbocycles. The molecule has 0 aliphatic carbocycles. The van der Waals surface area contributed by atoms with Gasteiger partial charge in [0.25, 0.3) is 0 Å². The van der Waals surface area contributed by atoms with Crippen molar-refractivity contribution in [3.63, 3.8) is 0 Å². The number of pyridine rings is 1. The van der Waals surface area contributed by atoms with Crippen LogP contribution in [-0.2, 0) is 11.3 Å². The van der Waals surface area contributed by atoms with Gasteiger partial charge in [-0.2, -0.15) is 9.97 Å². The Morgan fingerprint density at radius 3 is 2.56 bits per heavy atom. The second kappa shape index (κ2) is 12.3. The van der Waals surface area contributed by atoms with Crippen LogP contribution in [-0.4, -0.2) is 101 Å². The van der Waals surface area contributed by atoms with Crippen molar-refractivity contribution in [1.82, 2.24) is 24.8 Å². The molecular formula is C28H36ClFN6O3. The van der Waals surface area contributed by atoms with Crippen molar-refractivity contribution in [2.24, 2.45) is 0 Å². The smallest absolute Gasteiger partial charge is 0.319 e. The highest BCUT2D eigenvalue weighted by atomic mass is 35.5. The molecule has 2 fully saturated rings. The van der Waals surface area contributed by atoms with Gasteiger partial charge in [0.15, 0.2) is 11.0 Å². The molecule has 2 aliphatic heterocycles. The lowest BCUT2D eigenvalue weighted by Crippen LogP contribution is -2.49. The number of nitrogens with zero attached hydrogens (tertiary/aromatic N) is 6. The topological polar surface area (TPSA) is 87.1 Å². The number of methoxy groups -OCH3 is 1. The van der Waals surface area contributed by atoms with E-state index < -0.39 is 11.4 Å². The van der Waals surface area contributed by atoms with E-state index >= 15 is 0 Å². The fourth-order valence-corrected chi connectivity index (χ4v) is 5.47. The summed E-state index contributed by atoms with van der Waals surface area (Å²) in [5.74, 6) is -0.246. The quantitative estimate of drug-likeness (QED) is 0.397. The summed E-state index contributed by atoms with van der Waals surface area (Å²) in [7, 11) is 1.66. The first-order chi connectivity index (χ1) is 18.8. The number of piperidine rings is 1. The van der Waals surface area contributed by atoms with E-state index in [-0.39, 0.29) is 29.4 Å². The molecular weight excluding hydrogens is 523 g/mol. The zero-order chi connectivity index (χ0) is 27.4. The summed E-state index contributed by atoms with van der Waals surface area (Å²) in [5.41, 5.74) is 0.496. The number of aromatic nitrogens is 3. The predicted molar refractivity (Wildman–Crippen MR) is 149 cm³/mol. The summed E-state index contributed by atoms with van der Waals surface area (Å²) >= 11 is 5.97. The van der Waals surface area contributed by atoms with E-state index in [1.165, 1.54) is 11.8 Å². The molecule has 1 unspecified atom stereocenters. The van der Waals surface area contributed by atoms with Gasteiger partial charge in [-0.3, -0.25) is 9.80 Å². The van der Waals surface area contributed by atoms with Crippen molar-refractivity contribution in [1.29, 1.82) is 0 Å². The molecule has 0 amide bonds. The molecule has 0 bridgehead atoms. The molecule has 0 radical (unpaired) electrons. The van der Waals surface area contributed by atoms with Crippen LogP contribution < -0.4 is 9.64 Å². The number of aliphatic hydroxyl groups is 1. The number of fused-ring (bicyclic) bond motifs is 1. The number of β-amino-alcohol motifs (C(OH)–C–C–N with tert-alkyl or cyclic N) is 1. The molecule has 210 valence electrons. The maximum Gasteiger partial charge on any atom is 0.319 e. The van der Waals surface area contributed by atoms with Crippen LogP contribution in [0.1, 0.15) is 25.3 Å². The zero-order valence-electron chi connectivity index (χ0n) is 22.5. The second-order valence-electron chi connectivity index (χ2n) is 10.7. The highest BCUT2D eigenvalue weighted by Crippen LogP contribution is 2.33. The van der Waals surface area contributed by atoms with Crippen molar-refractivity contribution in [3.05, 3.63) is 53.1 Å². The van der Waals surface area contributed by atoms with E-state index in [9.17, 15) is 9.50 Å². The number of hydrogen-bond acceptors (Lipinski definition) is 9. The first kappa shape index (κ1) is 27.9. The molecule has 0 spiro atoms. The number of halogens is 2. The van der Waals surface area contributed by atoms with Gasteiger partial charge in [-0.25, -0.2) is 9.37 Å². The SMILES string of the molecule is COC(COc1nc(N2CCC[C@@](C)(O)C2)c2cnc(Cl)c(F)c2n1)CN1CCN(Cc2ccccc2)CC1. The molecule has 2 atom stereocenters. The van der Waals surface area contributed by atoms with Crippen LogP contribution in [0.2, 0.25) is 5.15 Å². The summed E-state index contributed by atoms with van der Waals surface area (Å²) in [4.78, 5) is 19.7. The van der Waals surface area contributed by atoms with Crippen molar-refractivity contribution >= 4 is 28.3 Å². The lowest BCUT2D eigenvalue weighted by atomic mass is 9.95. The summed E-state index contributed by atoms with van der Waals surface area (Å²) in [6, 6.07) is 10.6. The maximum atomic E-state index is 15.0. The van der Waals surface area contributed by atoms with E-state index in [1.54, 1.807) is 14.0 Å². The average molecular weight is 559 g/mol. The third kappa shape index (κ3) is 6.93. The lowest BCUT2D eigenvalue weighted by Gasteiger charge is -2.38. The zero-order valence-corrected chi connectivity index (χ0v) is 23.3. The minimum atomic E-state index is -0.874. The van der Waals surface area contributed by atoms with Crippen LogP contribution >= 0.6 is 11.6 Å². The predicted octanol–water partition coefficient (Wildman–Crippen LogP) is 3.38. The van der Waals surface area contributed by atoms with Crippen molar-refractivity contribution in [3.8, 4) is 6.01 Å². The molecule has 5 rings (SSSR count). The molecule has 11 heteroatoms. The third-order valence-corrected chi connectivity index (χ3v) is 7.75. The van der Waals surface area contributed by atoms with Crippen LogP contribution in [0.3, 0.4) is 0 Å². The molecule has 2 aliphatic rings. The standard InChI is InChI=1S/C28H36ClFN6O3/c1-28(37)9-6-10-36(19-28)26-22-15-31-25(29)23(30)24(22)32-27(33-26)39-18-21(38-2)17-35-13-11-34(12-14-35)16-20-7-4-3-5-8-20/h3-5,7-8,15,21,37H,6,9-14,16-19H2,1-2H3/t21?,28-/m1/s1. The van der Waals surface area contributed by atoms with Gasteiger partial charge in [0.1, 0.15) is 24.0 Å². The monoisotopic (exact) mass is 558 g/mol. The first-order valence-corrected chi connectivity index (χ1v) is 13.8. The van der Waals surface area contributed by atoms with Gasteiger partial charge in [-0.15, -0.1) is 0 Å². The molecule has 1 N–H and O–H groups in total. The number of rotatable bonds is 9. The lowest BCUT2D eigenvalue weighted by molar-refractivity contribution is 0.0133. The molecule has 2 aromatic heterocycles. The molecule has 1 aromatic carbocycles. The van der Waals surface area contributed by atoms with Gasteiger partial charge in [0.2, 0.25) is 0 Å². The molecule has 39 heavy (non-hydrogen) atoms. The Balaban J connectivity index is 1.24. The maximum absolute atomic E-state index is 15.0. The average Bonchev–Trinajstić information content (AvgIpc) is 2.94. The molecule has 2 saturated heterocycles. The minimum Gasteiger partial charge on any atom is -0.461 e. The van der Waals surface area contributed by atoms with Gasteiger partial charge in [0.05, 0.1) is 11.0 Å².